The Balaban J connectivity index is 1.33. The molecule has 4 rings (SSSR count). The summed E-state index contributed by atoms with van der Waals surface area (Å²) in [4.78, 5) is 12.9. The average molecular weight is 519 g/mol. The summed E-state index contributed by atoms with van der Waals surface area (Å²) < 4.78 is 11.3. The molecule has 0 spiro atoms. The molecule has 2 aliphatic rings. The van der Waals surface area contributed by atoms with E-state index < -0.39 is 0 Å². The molecule has 2 saturated heterocycles. The normalized spacial score (nSPS) is 19.3. The number of aromatic nitrogens is 2. The van der Waals surface area contributed by atoms with Crippen molar-refractivity contribution in [2.45, 2.75) is 31.7 Å². The van der Waals surface area contributed by atoms with Crippen molar-refractivity contribution in [3.8, 4) is 6.07 Å². The number of piperidine rings is 1. The van der Waals surface area contributed by atoms with E-state index in [2.05, 4.69) is 20.8 Å². The second kappa shape index (κ2) is 12.6. The molecule has 0 aliphatic carbocycles. The van der Waals surface area contributed by atoms with E-state index in [1.54, 1.807) is 30.5 Å². The van der Waals surface area contributed by atoms with Crippen LogP contribution in [-0.2, 0) is 4.74 Å². The number of nitrogens with one attached hydrogen (secondary N) is 1. The van der Waals surface area contributed by atoms with E-state index >= 15 is 0 Å². The lowest BCUT2D eigenvalue weighted by Gasteiger charge is -2.35. The van der Waals surface area contributed by atoms with Gasteiger partial charge in [-0.3, -0.25) is 4.79 Å². The summed E-state index contributed by atoms with van der Waals surface area (Å²) in [6, 6.07) is 9.43. The lowest BCUT2D eigenvalue weighted by molar-refractivity contribution is 0.0595. The quantitative estimate of drug-likeness (QED) is 0.483. The molecule has 1 aromatic heterocycles. The van der Waals surface area contributed by atoms with Gasteiger partial charge in [-0.2, -0.15) is 10.4 Å². The lowest BCUT2D eigenvalue weighted by atomic mass is 10.0. The van der Waals surface area contributed by atoms with E-state index in [1.807, 2.05) is 16.4 Å². The Bertz CT molecular complexity index is 1060. The minimum Gasteiger partial charge on any atom is -0.394 e. The van der Waals surface area contributed by atoms with Gasteiger partial charge in [0.1, 0.15) is 5.02 Å². The van der Waals surface area contributed by atoms with E-state index in [1.165, 1.54) is 4.68 Å². The molecule has 2 aromatic rings. The summed E-state index contributed by atoms with van der Waals surface area (Å²) >= 11 is 7.98. The van der Waals surface area contributed by atoms with Gasteiger partial charge in [-0.15, -0.1) is 0 Å². The second-order valence-corrected chi connectivity index (χ2v) is 10.3. The fourth-order valence-electron chi connectivity index (χ4n) is 4.37. The molecule has 1 aromatic carbocycles. The number of nitriles is 1. The van der Waals surface area contributed by atoms with Gasteiger partial charge in [0, 0.05) is 44.1 Å². The number of rotatable bonds is 9. The molecule has 0 bridgehead atoms. The Hall–Kier alpha value is -2.29. The zero-order valence-electron chi connectivity index (χ0n) is 19.6. The third kappa shape index (κ3) is 6.68. The summed E-state index contributed by atoms with van der Waals surface area (Å²) in [6.07, 6.45) is 5.35. The maximum absolute atomic E-state index is 12.9. The Morgan fingerprint density at radius 1 is 1.29 bits per heavy atom. The number of aliphatic hydroxyl groups is 1. The highest BCUT2D eigenvalue weighted by molar-refractivity contribution is 7.98. The topological polar surface area (TPSA) is 107 Å². The van der Waals surface area contributed by atoms with Gasteiger partial charge in [0.05, 0.1) is 49.3 Å². The van der Waals surface area contributed by atoms with Crippen LogP contribution in [0.3, 0.4) is 0 Å². The van der Waals surface area contributed by atoms with Gasteiger partial charge in [-0.1, -0.05) is 11.6 Å². The third-order valence-electron chi connectivity index (χ3n) is 6.35. The predicted octanol–water partition coefficient (Wildman–Crippen LogP) is 3.31. The van der Waals surface area contributed by atoms with Gasteiger partial charge in [-0.05, 0) is 55.9 Å². The van der Waals surface area contributed by atoms with Gasteiger partial charge < -0.3 is 19.5 Å². The van der Waals surface area contributed by atoms with Gasteiger partial charge in [-0.25, -0.2) is 8.99 Å². The molecule has 188 valence electrons. The molecular formula is C24H31ClN6O3S. The molecule has 0 amide bonds. The maximum Gasteiger partial charge on any atom is 0.287 e. The third-order valence-corrected chi connectivity index (χ3v) is 7.90. The molecule has 0 radical (unpaired) electrons. The number of hydrogen-bond acceptors (Lipinski definition) is 9. The molecular weight excluding hydrogens is 488 g/mol. The van der Waals surface area contributed by atoms with Crippen molar-refractivity contribution in [1.82, 2.24) is 14.1 Å². The molecule has 0 saturated carbocycles. The Labute approximate surface area is 214 Å². The zero-order chi connectivity index (χ0) is 24.6. The Morgan fingerprint density at radius 2 is 2.06 bits per heavy atom. The van der Waals surface area contributed by atoms with Crippen molar-refractivity contribution in [3.05, 3.63) is 51.4 Å². The minimum absolute atomic E-state index is 0.0150. The molecule has 1 atom stereocenters. The van der Waals surface area contributed by atoms with E-state index in [4.69, 9.17) is 21.6 Å². The summed E-state index contributed by atoms with van der Waals surface area (Å²) in [5.41, 5.74) is 1.85. The van der Waals surface area contributed by atoms with Crippen molar-refractivity contribution in [1.29, 1.82) is 5.26 Å². The Morgan fingerprint density at radius 3 is 2.71 bits per heavy atom. The van der Waals surface area contributed by atoms with Crippen LogP contribution in [0.4, 0.5) is 11.4 Å². The van der Waals surface area contributed by atoms with Crippen LogP contribution in [0.1, 0.15) is 37.3 Å². The summed E-state index contributed by atoms with van der Waals surface area (Å²) in [5.74, 6) is 0.416. The number of anilines is 2. The van der Waals surface area contributed by atoms with Gasteiger partial charge in [0.15, 0.2) is 0 Å². The average Bonchev–Trinajstić information content (AvgIpc) is 2.90. The van der Waals surface area contributed by atoms with Crippen molar-refractivity contribution >= 4 is 35.1 Å². The molecule has 11 heteroatoms. The van der Waals surface area contributed by atoms with Crippen LogP contribution in [0.5, 0.6) is 0 Å². The number of nitrogens with zero attached hydrogens (tertiary/aromatic N) is 5. The lowest BCUT2D eigenvalue weighted by Crippen LogP contribution is -2.38. The fraction of sp³-hybridized carbons (Fsp3) is 0.542. The number of benzene rings is 1. The highest BCUT2D eigenvalue weighted by atomic mass is 35.5. The first-order valence-electron chi connectivity index (χ1n) is 12.0. The van der Waals surface area contributed by atoms with Crippen molar-refractivity contribution in [2.75, 3.05) is 55.6 Å². The van der Waals surface area contributed by atoms with Gasteiger partial charge in [0.25, 0.3) is 5.56 Å². The summed E-state index contributed by atoms with van der Waals surface area (Å²) in [7, 11) is 0. The molecule has 2 fully saturated rings. The predicted molar refractivity (Wildman–Crippen MR) is 139 cm³/mol. The first-order valence-corrected chi connectivity index (χ1v) is 13.1. The van der Waals surface area contributed by atoms with Crippen molar-refractivity contribution < 1.29 is 9.84 Å². The first-order chi connectivity index (χ1) is 17.1. The first kappa shape index (κ1) is 25.8. The summed E-state index contributed by atoms with van der Waals surface area (Å²) in [5, 5.41) is 26.4. The summed E-state index contributed by atoms with van der Waals surface area (Å²) in [6.45, 7) is 4.28. The van der Waals surface area contributed by atoms with Crippen LogP contribution in [-0.4, -0.2) is 65.2 Å². The SMILES string of the molecule is N#Cc1ccc(N(CCO)SN2CCC(n3ncc(NCC4CCCOC4)c(Cl)c3=O)CC2)cc1. The molecule has 1 unspecified atom stereocenters. The zero-order valence-corrected chi connectivity index (χ0v) is 21.2. The number of aliphatic hydroxyl groups excluding tert-OH is 1. The second-order valence-electron chi connectivity index (χ2n) is 8.81. The van der Waals surface area contributed by atoms with Crippen LogP contribution >= 0.6 is 23.7 Å². The van der Waals surface area contributed by atoms with E-state index in [0.29, 0.717) is 30.3 Å². The van der Waals surface area contributed by atoms with Crippen LogP contribution in [0.25, 0.3) is 0 Å². The molecule has 2 N–H and O–H groups in total. The Kier molecular flexibility index (Phi) is 9.29. The standard InChI is InChI=1S/C24H31ClN6O3S/c25-23-22(27-15-19-2-1-13-34-17-19)16-28-31(24(23)33)21-7-9-29(10-8-21)35-30(11-12-32)20-5-3-18(14-26)4-6-20/h3-6,16,19,21,27,32H,1-2,7-13,15,17H2. The smallest absolute Gasteiger partial charge is 0.287 e. The van der Waals surface area contributed by atoms with E-state index in [9.17, 15) is 9.90 Å². The fourth-order valence-corrected chi connectivity index (χ4v) is 5.60. The van der Waals surface area contributed by atoms with Crippen molar-refractivity contribution in [2.24, 2.45) is 5.92 Å². The molecule has 35 heavy (non-hydrogen) atoms. The van der Waals surface area contributed by atoms with E-state index in [0.717, 1.165) is 57.7 Å². The number of ether oxygens (including phenoxy) is 1. The minimum atomic E-state index is -0.262. The van der Waals surface area contributed by atoms with E-state index in [-0.39, 0.29) is 23.2 Å². The molecule has 2 aliphatic heterocycles. The van der Waals surface area contributed by atoms with Crippen LogP contribution in [0, 0.1) is 17.2 Å². The highest BCUT2D eigenvalue weighted by Crippen LogP contribution is 2.31. The number of halogens is 1. The number of hydrogen-bond donors (Lipinski definition) is 2. The van der Waals surface area contributed by atoms with Crippen LogP contribution in [0.2, 0.25) is 5.02 Å². The highest BCUT2D eigenvalue weighted by Gasteiger charge is 2.26. The van der Waals surface area contributed by atoms with Gasteiger partial charge >= 0.3 is 0 Å². The molecule has 3 heterocycles. The monoisotopic (exact) mass is 518 g/mol. The van der Waals surface area contributed by atoms with Crippen LogP contribution in [0.15, 0.2) is 35.3 Å². The maximum atomic E-state index is 12.9. The molecule has 9 nitrogen and oxygen atoms in total. The van der Waals surface area contributed by atoms with Gasteiger partial charge in [0.2, 0.25) is 0 Å². The van der Waals surface area contributed by atoms with Crippen molar-refractivity contribution in [3.63, 3.8) is 0 Å². The van der Waals surface area contributed by atoms with Crippen LogP contribution < -0.4 is 15.2 Å². The largest absolute Gasteiger partial charge is 0.394 e.